The molecule has 0 heterocycles. The third-order valence-electron chi connectivity index (χ3n) is 4.71. The number of rotatable bonds is 4. The number of nitrogens with one attached hydrogen (secondary N) is 1. The van der Waals surface area contributed by atoms with Gasteiger partial charge in [-0.25, -0.2) is 13.1 Å². The second kappa shape index (κ2) is 6.46. The van der Waals surface area contributed by atoms with Gasteiger partial charge < -0.3 is 5.73 Å². The Labute approximate surface area is 128 Å². The molecule has 1 aliphatic carbocycles. The predicted molar refractivity (Wildman–Crippen MR) is 85.3 cm³/mol. The number of nitrogens with two attached hydrogens (primary N) is 1. The molecule has 1 saturated carbocycles. The second-order valence-corrected chi connectivity index (χ2v) is 8.07. The monoisotopic (exact) mass is 310 g/mol. The summed E-state index contributed by atoms with van der Waals surface area (Å²) in [7, 11) is -3.48. The van der Waals surface area contributed by atoms with Crippen molar-refractivity contribution in [3.63, 3.8) is 0 Å². The van der Waals surface area contributed by atoms with Gasteiger partial charge in [-0.05, 0) is 42.9 Å². The van der Waals surface area contributed by atoms with Gasteiger partial charge in [-0.1, -0.05) is 38.8 Å². The SMILES string of the molecule is CC(N)c1cccc(S(=O)(=O)NC2CCCC(C)C2C)c1. The van der Waals surface area contributed by atoms with Crippen molar-refractivity contribution in [3.8, 4) is 0 Å². The lowest BCUT2D eigenvalue weighted by molar-refractivity contribution is 0.227. The van der Waals surface area contributed by atoms with Crippen LogP contribution in [-0.4, -0.2) is 14.5 Å². The largest absolute Gasteiger partial charge is 0.324 e. The van der Waals surface area contributed by atoms with Gasteiger partial charge in [0, 0.05) is 12.1 Å². The van der Waals surface area contributed by atoms with Crippen LogP contribution in [0.2, 0.25) is 0 Å². The maximum Gasteiger partial charge on any atom is 0.240 e. The van der Waals surface area contributed by atoms with E-state index in [2.05, 4.69) is 18.6 Å². The van der Waals surface area contributed by atoms with Gasteiger partial charge in [-0.3, -0.25) is 0 Å². The molecule has 3 N–H and O–H groups in total. The molecule has 4 nitrogen and oxygen atoms in total. The zero-order valence-electron chi connectivity index (χ0n) is 13.0. The molecule has 0 radical (unpaired) electrons. The zero-order chi connectivity index (χ0) is 15.6. The summed E-state index contributed by atoms with van der Waals surface area (Å²) in [6, 6.07) is 6.76. The Kier molecular flexibility index (Phi) is 5.07. The van der Waals surface area contributed by atoms with Gasteiger partial charge in [0.15, 0.2) is 0 Å². The molecule has 1 aromatic carbocycles. The molecule has 1 aromatic rings. The lowest BCUT2D eigenvalue weighted by atomic mass is 9.78. The molecule has 0 aliphatic heterocycles. The van der Waals surface area contributed by atoms with E-state index in [-0.39, 0.29) is 12.1 Å². The van der Waals surface area contributed by atoms with Crippen LogP contribution in [0.15, 0.2) is 29.2 Å². The fourth-order valence-corrected chi connectivity index (χ4v) is 4.40. The van der Waals surface area contributed by atoms with E-state index in [1.165, 1.54) is 6.42 Å². The van der Waals surface area contributed by atoms with Gasteiger partial charge in [0.25, 0.3) is 0 Å². The Hall–Kier alpha value is -0.910. The van der Waals surface area contributed by atoms with Crippen LogP contribution in [0.3, 0.4) is 0 Å². The first kappa shape index (κ1) is 16.5. The first-order valence-corrected chi connectivity index (χ1v) is 9.17. The lowest BCUT2D eigenvalue weighted by Gasteiger charge is -2.34. The van der Waals surface area contributed by atoms with Crippen molar-refractivity contribution in [2.24, 2.45) is 17.6 Å². The quantitative estimate of drug-likeness (QED) is 0.898. The van der Waals surface area contributed by atoms with E-state index < -0.39 is 10.0 Å². The Morgan fingerprint density at radius 3 is 2.67 bits per heavy atom. The minimum absolute atomic E-state index is 0.0257. The van der Waals surface area contributed by atoms with Crippen LogP contribution in [0, 0.1) is 11.8 Å². The normalized spacial score (nSPS) is 28.3. The second-order valence-electron chi connectivity index (χ2n) is 6.36. The van der Waals surface area contributed by atoms with Crippen LogP contribution >= 0.6 is 0 Å². The summed E-state index contributed by atoms with van der Waals surface area (Å²) in [4.78, 5) is 0.308. The average molecular weight is 310 g/mol. The molecule has 0 bridgehead atoms. The number of sulfonamides is 1. The zero-order valence-corrected chi connectivity index (χ0v) is 13.9. The molecule has 4 atom stereocenters. The first-order chi connectivity index (χ1) is 9.81. The van der Waals surface area contributed by atoms with Crippen LogP contribution in [0.1, 0.15) is 51.6 Å². The van der Waals surface area contributed by atoms with E-state index in [9.17, 15) is 8.42 Å². The minimum Gasteiger partial charge on any atom is -0.324 e. The predicted octanol–water partition coefficient (Wildman–Crippen LogP) is 2.81. The van der Waals surface area contributed by atoms with Gasteiger partial charge in [0.1, 0.15) is 0 Å². The van der Waals surface area contributed by atoms with Gasteiger partial charge in [0.05, 0.1) is 4.90 Å². The van der Waals surface area contributed by atoms with Crippen molar-refractivity contribution in [3.05, 3.63) is 29.8 Å². The van der Waals surface area contributed by atoms with Crippen LogP contribution in [0.4, 0.5) is 0 Å². The van der Waals surface area contributed by atoms with Crippen molar-refractivity contribution in [1.29, 1.82) is 0 Å². The topological polar surface area (TPSA) is 72.2 Å². The molecule has 1 aliphatic rings. The van der Waals surface area contributed by atoms with Crippen LogP contribution in [0.5, 0.6) is 0 Å². The summed E-state index contributed by atoms with van der Waals surface area (Å²) in [5.74, 6) is 0.923. The molecule has 118 valence electrons. The van der Waals surface area contributed by atoms with E-state index in [0.29, 0.717) is 16.7 Å². The summed E-state index contributed by atoms with van der Waals surface area (Å²) in [5, 5.41) is 0. The van der Waals surface area contributed by atoms with Crippen molar-refractivity contribution in [2.45, 2.75) is 57.0 Å². The van der Waals surface area contributed by atoms with E-state index in [1.54, 1.807) is 18.2 Å². The molecule has 0 saturated heterocycles. The molecule has 2 rings (SSSR count). The van der Waals surface area contributed by atoms with Crippen molar-refractivity contribution < 1.29 is 8.42 Å². The maximum atomic E-state index is 12.6. The van der Waals surface area contributed by atoms with Crippen LogP contribution < -0.4 is 10.5 Å². The Morgan fingerprint density at radius 2 is 2.00 bits per heavy atom. The molecule has 4 unspecified atom stereocenters. The molecule has 21 heavy (non-hydrogen) atoms. The third-order valence-corrected chi connectivity index (χ3v) is 6.20. The summed E-state index contributed by atoms with van der Waals surface area (Å²) in [6.07, 6.45) is 3.18. The fourth-order valence-electron chi connectivity index (χ4n) is 2.98. The highest BCUT2D eigenvalue weighted by Gasteiger charge is 2.30. The van der Waals surface area contributed by atoms with Gasteiger partial charge >= 0.3 is 0 Å². The lowest BCUT2D eigenvalue weighted by Crippen LogP contribution is -2.43. The molecule has 1 fully saturated rings. The molecular formula is C16H26N2O2S. The number of hydrogen-bond donors (Lipinski definition) is 2. The Bertz CT molecular complexity index is 584. The highest BCUT2D eigenvalue weighted by atomic mass is 32.2. The summed E-state index contributed by atoms with van der Waals surface area (Å²) in [6.45, 7) is 6.18. The van der Waals surface area contributed by atoms with E-state index in [4.69, 9.17) is 5.73 Å². The standard InChI is InChI=1S/C16H26N2O2S/c1-11-6-4-9-16(12(11)2)18-21(19,20)15-8-5-7-14(10-15)13(3)17/h5,7-8,10-13,16,18H,4,6,9,17H2,1-3H3. The molecule has 0 spiro atoms. The molecule has 0 aromatic heterocycles. The smallest absolute Gasteiger partial charge is 0.240 e. The molecular weight excluding hydrogens is 284 g/mol. The van der Waals surface area contributed by atoms with E-state index in [0.717, 1.165) is 18.4 Å². The van der Waals surface area contributed by atoms with Crippen molar-refractivity contribution in [2.75, 3.05) is 0 Å². The first-order valence-electron chi connectivity index (χ1n) is 7.69. The summed E-state index contributed by atoms with van der Waals surface area (Å²) in [5.41, 5.74) is 6.67. The van der Waals surface area contributed by atoms with Crippen LogP contribution in [-0.2, 0) is 10.0 Å². The van der Waals surface area contributed by atoms with Crippen LogP contribution in [0.25, 0.3) is 0 Å². The van der Waals surface area contributed by atoms with E-state index >= 15 is 0 Å². The van der Waals surface area contributed by atoms with E-state index in [1.807, 2.05) is 13.0 Å². The van der Waals surface area contributed by atoms with Gasteiger partial charge in [-0.2, -0.15) is 0 Å². The van der Waals surface area contributed by atoms with Crippen molar-refractivity contribution in [1.82, 2.24) is 4.72 Å². The fraction of sp³-hybridized carbons (Fsp3) is 0.625. The number of benzene rings is 1. The number of hydrogen-bond acceptors (Lipinski definition) is 3. The molecule has 5 heteroatoms. The summed E-state index contributed by atoms with van der Waals surface area (Å²) >= 11 is 0. The Balaban J connectivity index is 2.20. The highest BCUT2D eigenvalue weighted by molar-refractivity contribution is 7.89. The third kappa shape index (κ3) is 3.84. The van der Waals surface area contributed by atoms with Gasteiger partial charge in [-0.15, -0.1) is 0 Å². The average Bonchev–Trinajstić information content (AvgIpc) is 2.44. The van der Waals surface area contributed by atoms with Crippen molar-refractivity contribution >= 4 is 10.0 Å². The van der Waals surface area contributed by atoms with Gasteiger partial charge in [0.2, 0.25) is 10.0 Å². The molecule has 0 amide bonds. The Morgan fingerprint density at radius 1 is 1.29 bits per heavy atom. The minimum atomic E-state index is -3.48. The summed E-state index contributed by atoms with van der Waals surface area (Å²) < 4.78 is 28.0. The highest BCUT2D eigenvalue weighted by Crippen LogP contribution is 2.30. The maximum absolute atomic E-state index is 12.6.